The number of halogens is 3. The molecule has 1 aliphatic rings. The van der Waals surface area contributed by atoms with Gasteiger partial charge in [-0.05, 0) is 12.8 Å². The quantitative estimate of drug-likeness (QED) is 0.687. The van der Waals surface area contributed by atoms with Gasteiger partial charge in [0.25, 0.3) is 0 Å². The lowest BCUT2D eigenvalue weighted by molar-refractivity contribution is -0.138. The maximum atomic E-state index is 12.5. The second-order valence-corrected chi connectivity index (χ2v) is 3.69. The van der Waals surface area contributed by atoms with Crippen molar-refractivity contribution in [3.63, 3.8) is 0 Å². The fourth-order valence-electron chi connectivity index (χ4n) is 1.83. The fourth-order valence-corrected chi connectivity index (χ4v) is 1.83. The van der Waals surface area contributed by atoms with E-state index < -0.39 is 11.7 Å². The molecule has 1 aromatic rings. The highest BCUT2D eigenvalue weighted by atomic mass is 19.4. The largest absolute Gasteiger partial charge is 0.419 e. The first-order valence-electron chi connectivity index (χ1n) is 4.59. The Morgan fingerprint density at radius 1 is 1.43 bits per heavy atom. The Hall–Kier alpha value is -1.00. The first-order chi connectivity index (χ1) is 6.50. The van der Waals surface area contributed by atoms with Crippen LogP contribution in [0.15, 0.2) is 6.20 Å². The van der Waals surface area contributed by atoms with Crippen molar-refractivity contribution in [3.05, 3.63) is 17.5 Å². The van der Waals surface area contributed by atoms with Crippen LogP contribution in [0, 0.1) is 0 Å². The van der Waals surface area contributed by atoms with E-state index in [-0.39, 0.29) is 5.92 Å². The Bertz CT molecular complexity index is 336. The summed E-state index contributed by atoms with van der Waals surface area (Å²) in [5.41, 5.74) is -0.214. The Morgan fingerprint density at radius 3 is 2.50 bits per heavy atom. The first-order valence-corrected chi connectivity index (χ1v) is 4.59. The Balaban J connectivity index is 2.40. The molecule has 0 bridgehead atoms. The van der Waals surface area contributed by atoms with Crippen molar-refractivity contribution in [1.29, 1.82) is 0 Å². The summed E-state index contributed by atoms with van der Waals surface area (Å²) in [6.07, 6.45) is -0.620. The molecule has 78 valence electrons. The van der Waals surface area contributed by atoms with E-state index >= 15 is 0 Å². The molecule has 14 heavy (non-hydrogen) atoms. The molecular weight excluding hydrogens is 193 g/mol. The molecule has 1 fully saturated rings. The highest BCUT2D eigenvalue weighted by Gasteiger charge is 2.39. The van der Waals surface area contributed by atoms with Gasteiger partial charge in [0.1, 0.15) is 0 Å². The number of aryl methyl sites for hydroxylation is 1. The van der Waals surface area contributed by atoms with Crippen LogP contribution in [0.25, 0.3) is 0 Å². The molecule has 5 heteroatoms. The number of aromatic nitrogens is 2. The molecule has 0 saturated heterocycles. The van der Waals surface area contributed by atoms with Crippen molar-refractivity contribution in [1.82, 2.24) is 9.78 Å². The van der Waals surface area contributed by atoms with Gasteiger partial charge < -0.3 is 0 Å². The fraction of sp³-hybridized carbons (Fsp3) is 0.667. The third-order valence-electron chi connectivity index (χ3n) is 2.78. The zero-order chi connectivity index (χ0) is 10.3. The summed E-state index contributed by atoms with van der Waals surface area (Å²) >= 11 is 0. The molecule has 2 nitrogen and oxygen atoms in total. The number of alkyl halides is 3. The maximum absolute atomic E-state index is 12.5. The van der Waals surface area contributed by atoms with Gasteiger partial charge in [-0.3, -0.25) is 4.68 Å². The molecule has 1 saturated carbocycles. The topological polar surface area (TPSA) is 17.8 Å². The molecule has 0 spiro atoms. The van der Waals surface area contributed by atoms with Gasteiger partial charge in [-0.25, -0.2) is 0 Å². The van der Waals surface area contributed by atoms with Crippen LogP contribution in [0.4, 0.5) is 13.2 Å². The molecule has 0 aliphatic heterocycles. The molecule has 1 aromatic heterocycles. The van der Waals surface area contributed by atoms with Crippen molar-refractivity contribution in [2.75, 3.05) is 0 Å². The van der Waals surface area contributed by atoms with Crippen LogP contribution in [0.5, 0.6) is 0 Å². The third kappa shape index (κ3) is 1.40. The summed E-state index contributed by atoms with van der Waals surface area (Å²) < 4.78 is 38.9. The summed E-state index contributed by atoms with van der Waals surface area (Å²) in [7, 11) is 1.57. The zero-order valence-corrected chi connectivity index (χ0v) is 7.80. The lowest BCUT2D eigenvalue weighted by atomic mass is 9.81. The minimum atomic E-state index is -4.26. The van der Waals surface area contributed by atoms with Gasteiger partial charge in [0, 0.05) is 13.0 Å². The lowest BCUT2D eigenvalue weighted by Crippen LogP contribution is -2.18. The molecule has 2 rings (SSSR count). The molecule has 0 atom stereocenters. The van der Waals surface area contributed by atoms with E-state index in [4.69, 9.17) is 0 Å². The van der Waals surface area contributed by atoms with Crippen LogP contribution in [-0.4, -0.2) is 9.78 Å². The van der Waals surface area contributed by atoms with Crippen LogP contribution in [0.2, 0.25) is 0 Å². The maximum Gasteiger partial charge on any atom is 0.419 e. The summed E-state index contributed by atoms with van der Waals surface area (Å²) in [5, 5.41) is 3.68. The van der Waals surface area contributed by atoms with Crippen molar-refractivity contribution >= 4 is 0 Å². The van der Waals surface area contributed by atoms with E-state index in [2.05, 4.69) is 5.10 Å². The standard InChI is InChI=1S/C9H11F3N2/c1-14-8(6-3-2-4-6)7(5-13-14)9(10,11)12/h5-6H,2-4H2,1H3. The minimum Gasteiger partial charge on any atom is -0.272 e. The second kappa shape index (κ2) is 3.00. The second-order valence-electron chi connectivity index (χ2n) is 3.69. The highest BCUT2D eigenvalue weighted by Crippen LogP contribution is 2.42. The van der Waals surface area contributed by atoms with E-state index in [1.54, 1.807) is 7.05 Å². The van der Waals surface area contributed by atoms with E-state index in [0.29, 0.717) is 5.69 Å². The van der Waals surface area contributed by atoms with Gasteiger partial charge in [0.05, 0.1) is 17.5 Å². The van der Waals surface area contributed by atoms with Crippen LogP contribution in [0.1, 0.15) is 36.4 Å². The van der Waals surface area contributed by atoms with E-state index in [9.17, 15) is 13.2 Å². The molecule has 0 N–H and O–H groups in total. The van der Waals surface area contributed by atoms with Gasteiger partial charge in [0.15, 0.2) is 0 Å². The predicted octanol–water partition coefficient (Wildman–Crippen LogP) is 2.71. The third-order valence-corrected chi connectivity index (χ3v) is 2.78. The van der Waals surface area contributed by atoms with Crippen LogP contribution in [0.3, 0.4) is 0 Å². The summed E-state index contributed by atoms with van der Waals surface area (Å²) in [6.45, 7) is 0. The van der Waals surface area contributed by atoms with Crippen molar-refractivity contribution in [2.45, 2.75) is 31.4 Å². The zero-order valence-electron chi connectivity index (χ0n) is 7.80. The molecular formula is C9H11F3N2. The molecule has 1 heterocycles. The Morgan fingerprint density at radius 2 is 2.07 bits per heavy atom. The van der Waals surface area contributed by atoms with Gasteiger partial charge in [0.2, 0.25) is 0 Å². The summed E-state index contributed by atoms with van der Waals surface area (Å²) in [5.74, 6) is 0.0547. The molecule has 0 aromatic carbocycles. The molecule has 0 unspecified atom stereocenters. The van der Waals surface area contributed by atoms with Crippen molar-refractivity contribution in [3.8, 4) is 0 Å². The van der Waals surface area contributed by atoms with Crippen LogP contribution in [-0.2, 0) is 13.2 Å². The Kier molecular flexibility index (Phi) is 2.05. The molecule has 0 amide bonds. The number of nitrogens with zero attached hydrogens (tertiary/aromatic N) is 2. The average Bonchev–Trinajstić information content (AvgIpc) is 2.28. The van der Waals surface area contributed by atoms with E-state index in [1.807, 2.05) is 0 Å². The first kappa shape index (κ1) is 9.55. The molecule has 1 aliphatic carbocycles. The normalized spacial score (nSPS) is 18.3. The van der Waals surface area contributed by atoms with E-state index in [1.165, 1.54) is 4.68 Å². The van der Waals surface area contributed by atoms with Crippen LogP contribution >= 0.6 is 0 Å². The number of hydrogen-bond donors (Lipinski definition) is 0. The summed E-state index contributed by atoms with van der Waals surface area (Å²) in [6, 6.07) is 0. The number of hydrogen-bond acceptors (Lipinski definition) is 1. The van der Waals surface area contributed by atoms with Crippen molar-refractivity contribution in [2.24, 2.45) is 7.05 Å². The van der Waals surface area contributed by atoms with Gasteiger partial charge in [-0.2, -0.15) is 18.3 Å². The van der Waals surface area contributed by atoms with Gasteiger partial charge in [-0.15, -0.1) is 0 Å². The minimum absolute atomic E-state index is 0.0547. The monoisotopic (exact) mass is 204 g/mol. The lowest BCUT2D eigenvalue weighted by Gasteiger charge is -2.27. The summed E-state index contributed by atoms with van der Waals surface area (Å²) in [4.78, 5) is 0. The SMILES string of the molecule is Cn1ncc(C(F)(F)F)c1C1CCC1. The smallest absolute Gasteiger partial charge is 0.272 e. The predicted molar refractivity (Wildman–Crippen MR) is 44.8 cm³/mol. The average molecular weight is 204 g/mol. The Labute approximate surface area is 79.7 Å². The van der Waals surface area contributed by atoms with Gasteiger partial charge >= 0.3 is 6.18 Å². The highest BCUT2D eigenvalue weighted by molar-refractivity contribution is 5.26. The van der Waals surface area contributed by atoms with E-state index in [0.717, 1.165) is 25.5 Å². The van der Waals surface area contributed by atoms with Gasteiger partial charge in [-0.1, -0.05) is 6.42 Å². The van der Waals surface area contributed by atoms with Crippen molar-refractivity contribution < 1.29 is 13.2 Å². The number of rotatable bonds is 1. The van der Waals surface area contributed by atoms with Crippen LogP contribution < -0.4 is 0 Å². The molecule has 0 radical (unpaired) electrons.